The van der Waals surface area contributed by atoms with Crippen molar-refractivity contribution in [2.24, 2.45) is 0 Å². The van der Waals surface area contributed by atoms with Crippen LogP contribution >= 0.6 is 0 Å². The third kappa shape index (κ3) is 4.58. The highest BCUT2D eigenvalue weighted by atomic mass is 16.7. The second-order valence-corrected chi connectivity index (χ2v) is 3.09. The minimum atomic E-state index is 0.331. The maximum absolute atomic E-state index is 5.23. The summed E-state index contributed by atoms with van der Waals surface area (Å²) >= 11 is 0. The van der Waals surface area contributed by atoms with Gasteiger partial charge in [-0.2, -0.15) is 0 Å². The molecule has 0 unspecified atom stereocenters. The Morgan fingerprint density at radius 2 is 2.00 bits per heavy atom. The standard InChI is InChI=1S/C13H16O2/c1-3-4-5-12-6-8-13(9-7-12)10-15-11-14-2/h3-9H,1,10-11H2,2H3/b5-4+. The van der Waals surface area contributed by atoms with Gasteiger partial charge >= 0.3 is 0 Å². The molecule has 0 N–H and O–H groups in total. The van der Waals surface area contributed by atoms with Gasteiger partial charge in [-0.05, 0) is 11.1 Å². The molecular weight excluding hydrogens is 188 g/mol. The molecule has 0 aliphatic rings. The van der Waals surface area contributed by atoms with Crippen LogP contribution in [0.15, 0.2) is 43.0 Å². The first-order valence-electron chi connectivity index (χ1n) is 4.81. The first-order chi connectivity index (χ1) is 7.36. The molecule has 0 radical (unpaired) electrons. The summed E-state index contributed by atoms with van der Waals surface area (Å²) in [6, 6.07) is 8.17. The summed E-state index contributed by atoms with van der Waals surface area (Å²) in [4.78, 5) is 0. The molecule has 0 saturated heterocycles. The second-order valence-electron chi connectivity index (χ2n) is 3.09. The maximum Gasteiger partial charge on any atom is 0.146 e. The molecule has 0 heterocycles. The second kappa shape index (κ2) is 6.98. The monoisotopic (exact) mass is 204 g/mol. The van der Waals surface area contributed by atoms with Gasteiger partial charge in [0.2, 0.25) is 0 Å². The van der Waals surface area contributed by atoms with Gasteiger partial charge in [0.05, 0.1) is 6.61 Å². The lowest BCUT2D eigenvalue weighted by molar-refractivity contribution is -0.0390. The highest BCUT2D eigenvalue weighted by Crippen LogP contribution is 2.07. The van der Waals surface area contributed by atoms with E-state index < -0.39 is 0 Å². The first kappa shape index (κ1) is 11.7. The van der Waals surface area contributed by atoms with Crippen molar-refractivity contribution in [2.45, 2.75) is 6.61 Å². The molecule has 15 heavy (non-hydrogen) atoms. The Bertz CT molecular complexity index is 312. The molecule has 1 aromatic carbocycles. The molecule has 0 aromatic heterocycles. The van der Waals surface area contributed by atoms with Crippen LogP contribution in [0, 0.1) is 0 Å². The topological polar surface area (TPSA) is 18.5 Å². The SMILES string of the molecule is C=C/C=C/c1ccc(COCOC)cc1. The van der Waals surface area contributed by atoms with Crippen molar-refractivity contribution in [3.63, 3.8) is 0 Å². The molecule has 0 aliphatic heterocycles. The molecule has 0 spiro atoms. The zero-order valence-corrected chi connectivity index (χ0v) is 8.98. The molecule has 0 amide bonds. The smallest absolute Gasteiger partial charge is 0.146 e. The molecule has 0 bridgehead atoms. The van der Waals surface area contributed by atoms with Crippen LogP contribution in [0.1, 0.15) is 11.1 Å². The van der Waals surface area contributed by atoms with Crippen molar-refractivity contribution in [1.82, 2.24) is 0 Å². The van der Waals surface area contributed by atoms with Crippen LogP contribution in [0.25, 0.3) is 6.08 Å². The summed E-state index contributed by atoms with van der Waals surface area (Å²) in [5.74, 6) is 0. The Labute approximate surface area is 90.8 Å². The largest absolute Gasteiger partial charge is 0.359 e. The van der Waals surface area contributed by atoms with Crippen molar-refractivity contribution in [2.75, 3.05) is 13.9 Å². The third-order valence-electron chi connectivity index (χ3n) is 1.87. The first-order valence-corrected chi connectivity index (χ1v) is 4.81. The van der Waals surface area contributed by atoms with E-state index in [0.717, 1.165) is 11.1 Å². The molecule has 2 nitrogen and oxygen atoms in total. The number of allylic oxidation sites excluding steroid dienone is 2. The van der Waals surface area contributed by atoms with E-state index in [4.69, 9.17) is 9.47 Å². The van der Waals surface area contributed by atoms with E-state index in [1.165, 1.54) is 0 Å². The summed E-state index contributed by atoms with van der Waals surface area (Å²) in [6.45, 7) is 4.54. The van der Waals surface area contributed by atoms with Crippen LogP contribution in [0.2, 0.25) is 0 Å². The average molecular weight is 204 g/mol. The maximum atomic E-state index is 5.23. The van der Waals surface area contributed by atoms with Gasteiger partial charge < -0.3 is 9.47 Å². The summed E-state index contributed by atoms with van der Waals surface area (Å²) in [6.07, 6.45) is 5.68. The van der Waals surface area contributed by atoms with Gasteiger partial charge in [0.25, 0.3) is 0 Å². The predicted octanol–water partition coefficient (Wildman–Crippen LogP) is 3.01. The van der Waals surface area contributed by atoms with E-state index >= 15 is 0 Å². The van der Waals surface area contributed by atoms with E-state index in [9.17, 15) is 0 Å². The third-order valence-corrected chi connectivity index (χ3v) is 1.87. The lowest BCUT2D eigenvalue weighted by Gasteiger charge is -2.03. The van der Waals surface area contributed by atoms with Crippen molar-refractivity contribution < 1.29 is 9.47 Å². The predicted molar refractivity (Wildman–Crippen MR) is 62.3 cm³/mol. The Kier molecular flexibility index (Phi) is 5.44. The normalized spacial score (nSPS) is 10.7. The van der Waals surface area contributed by atoms with Gasteiger partial charge in [-0.15, -0.1) is 0 Å². The molecule has 80 valence electrons. The van der Waals surface area contributed by atoms with Gasteiger partial charge in [-0.25, -0.2) is 0 Å². The number of methoxy groups -OCH3 is 1. The molecule has 0 atom stereocenters. The van der Waals surface area contributed by atoms with Crippen molar-refractivity contribution in [1.29, 1.82) is 0 Å². The Morgan fingerprint density at radius 1 is 1.27 bits per heavy atom. The number of rotatable bonds is 6. The molecule has 1 aromatic rings. The summed E-state index contributed by atoms with van der Waals surface area (Å²) in [5.41, 5.74) is 2.30. The molecule has 2 heteroatoms. The van der Waals surface area contributed by atoms with Crippen molar-refractivity contribution >= 4 is 6.08 Å². The van der Waals surface area contributed by atoms with Crippen LogP contribution in [-0.2, 0) is 16.1 Å². The zero-order chi connectivity index (χ0) is 10.9. The molecule has 1 rings (SSSR count). The summed E-state index contributed by atoms with van der Waals surface area (Å²) in [7, 11) is 1.61. The van der Waals surface area contributed by atoms with Crippen LogP contribution < -0.4 is 0 Å². The minimum absolute atomic E-state index is 0.331. The van der Waals surface area contributed by atoms with Crippen LogP contribution in [0.5, 0.6) is 0 Å². The number of hydrogen-bond donors (Lipinski definition) is 0. The van der Waals surface area contributed by atoms with Gasteiger partial charge in [-0.1, -0.05) is 49.1 Å². The molecule has 0 aliphatic carbocycles. The van der Waals surface area contributed by atoms with Gasteiger partial charge in [0.1, 0.15) is 6.79 Å². The summed E-state index contributed by atoms with van der Waals surface area (Å²) < 4.78 is 10.0. The van der Waals surface area contributed by atoms with Gasteiger partial charge in [0.15, 0.2) is 0 Å². The van der Waals surface area contributed by atoms with Gasteiger partial charge in [-0.3, -0.25) is 0 Å². The van der Waals surface area contributed by atoms with E-state index in [2.05, 4.69) is 6.58 Å². The number of ether oxygens (including phenoxy) is 2. The van der Waals surface area contributed by atoms with Crippen LogP contribution in [-0.4, -0.2) is 13.9 Å². The average Bonchev–Trinajstić information content (AvgIpc) is 2.28. The van der Waals surface area contributed by atoms with Crippen LogP contribution in [0.4, 0.5) is 0 Å². The van der Waals surface area contributed by atoms with E-state index in [1.807, 2.05) is 36.4 Å². The van der Waals surface area contributed by atoms with Gasteiger partial charge in [0, 0.05) is 7.11 Å². The highest BCUT2D eigenvalue weighted by Gasteiger charge is 1.92. The Hall–Kier alpha value is -1.38. The lowest BCUT2D eigenvalue weighted by atomic mass is 10.1. The van der Waals surface area contributed by atoms with Crippen LogP contribution in [0.3, 0.4) is 0 Å². The molecule has 0 saturated carbocycles. The van der Waals surface area contributed by atoms with E-state index in [-0.39, 0.29) is 0 Å². The fourth-order valence-electron chi connectivity index (χ4n) is 1.15. The van der Waals surface area contributed by atoms with Crippen molar-refractivity contribution in [3.05, 3.63) is 54.1 Å². The zero-order valence-electron chi connectivity index (χ0n) is 8.98. The van der Waals surface area contributed by atoms with Crippen molar-refractivity contribution in [3.8, 4) is 0 Å². The Morgan fingerprint density at radius 3 is 2.60 bits per heavy atom. The summed E-state index contributed by atoms with van der Waals surface area (Å²) in [5, 5.41) is 0. The Balaban J connectivity index is 2.48. The fraction of sp³-hybridized carbons (Fsp3) is 0.231. The quantitative estimate of drug-likeness (QED) is 0.403. The van der Waals surface area contributed by atoms with E-state index in [1.54, 1.807) is 13.2 Å². The molecule has 0 fully saturated rings. The highest BCUT2D eigenvalue weighted by molar-refractivity contribution is 5.51. The minimum Gasteiger partial charge on any atom is -0.359 e. The number of hydrogen-bond acceptors (Lipinski definition) is 2. The molecular formula is C13H16O2. The van der Waals surface area contributed by atoms with E-state index in [0.29, 0.717) is 13.4 Å². The lowest BCUT2D eigenvalue weighted by Crippen LogP contribution is -1.96. The number of benzene rings is 1. The fourth-order valence-corrected chi connectivity index (χ4v) is 1.15.